The van der Waals surface area contributed by atoms with Crippen LogP contribution in [0.4, 0.5) is 0 Å². The summed E-state index contributed by atoms with van der Waals surface area (Å²) in [6.45, 7) is 0. The Balaban J connectivity index is 2.14. The van der Waals surface area contributed by atoms with Gasteiger partial charge in [-0.05, 0) is 6.07 Å². The summed E-state index contributed by atoms with van der Waals surface area (Å²) in [4.78, 5) is 21.3. The Kier molecular flexibility index (Phi) is 4.87. The van der Waals surface area contributed by atoms with Gasteiger partial charge in [-0.25, -0.2) is 11.3 Å². The summed E-state index contributed by atoms with van der Waals surface area (Å²) in [7, 11) is 0. The normalized spacial score (nSPS) is 10.6. The minimum Gasteiger partial charge on any atom is -0.273 e. The Morgan fingerprint density at radius 2 is 1.64 bits per heavy atom. The van der Waals surface area contributed by atoms with Crippen LogP contribution in [0.5, 0.6) is 0 Å². The fourth-order valence-corrected chi connectivity index (χ4v) is 2.54. The van der Waals surface area contributed by atoms with E-state index in [2.05, 4.69) is 9.97 Å². The second-order valence-electron chi connectivity index (χ2n) is 4.68. The molecule has 0 saturated heterocycles. The van der Waals surface area contributed by atoms with E-state index >= 15 is 0 Å². The van der Waals surface area contributed by atoms with Crippen LogP contribution < -0.4 is 0 Å². The number of halogens is 2. The van der Waals surface area contributed by atoms with Gasteiger partial charge in [0.05, 0.1) is 63.4 Å². The zero-order valence-electron chi connectivity index (χ0n) is 11.4. The molecule has 4 nitrogen and oxygen atoms in total. The molecule has 0 unspecified atom stereocenters. The van der Waals surface area contributed by atoms with Gasteiger partial charge in [0, 0.05) is 10.9 Å². The van der Waals surface area contributed by atoms with Crippen molar-refractivity contribution < 1.29 is 4.79 Å². The summed E-state index contributed by atoms with van der Waals surface area (Å²) in [6, 6.07) is 17.6. The average molecular weight is 515 g/mol. The third-order valence-corrected chi connectivity index (χ3v) is 4.30. The number of para-hydroxylation sites is 1. The molecule has 0 aliphatic carbocycles. The van der Waals surface area contributed by atoms with E-state index in [0.717, 1.165) is 22.2 Å². The highest BCUT2D eigenvalue weighted by molar-refractivity contribution is 14.2. The van der Waals surface area contributed by atoms with Gasteiger partial charge in [-0.15, -0.1) is 0 Å². The number of rotatable bonds is 3. The van der Waals surface area contributed by atoms with Gasteiger partial charge in [-0.3, -0.25) is 4.79 Å². The van der Waals surface area contributed by atoms with Crippen molar-refractivity contribution in [2.45, 2.75) is 6.42 Å². The molecule has 1 aromatic heterocycles. The van der Waals surface area contributed by atoms with Crippen molar-refractivity contribution in [3.05, 3.63) is 60.3 Å². The van der Waals surface area contributed by atoms with Gasteiger partial charge in [0.2, 0.25) is 5.91 Å². The highest BCUT2D eigenvalue weighted by atomic mass is 127. The SMILES string of the molecule is O=C(Cc1nc(-c2ccccc2)nc2ccccc12)N(I)I. The van der Waals surface area contributed by atoms with E-state index in [1.807, 2.05) is 100 Å². The number of benzene rings is 2. The van der Waals surface area contributed by atoms with E-state index in [1.165, 1.54) is 1.33 Å². The van der Waals surface area contributed by atoms with E-state index in [-0.39, 0.29) is 12.3 Å². The minimum atomic E-state index is 0.00376. The molecule has 0 bridgehead atoms. The zero-order chi connectivity index (χ0) is 15.5. The third kappa shape index (κ3) is 3.37. The van der Waals surface area contributed by atoms with Gasteiger partial charge in [-0.2, -0.15) is 0 Å². The fraction of sp³-hybridized carbons (Fsp3) is 0.0625. The number of hydrogen-bond donors (Lipinski definition) is 0. The second kappa shape index (κ2) is 6.86. The first kappa shape index (κ1) is 15.6. The first-order valence-electron chi connectivity index (χ1n) is 6.61. The van der Waals surface area contributed by atoms with Crippen LogP contribution in [-0.2, 0) is 11.2 Å². The van der Waals surface area contributed by atoms with E-state index in [4.69, 9.17) is 0 Å². The van der Waals surface area contributed by atoms with Crippen LogP contribution in [0, 0.1) is 0 Å². The molecule has 1 amide bonds. The summed E-state index contributed by atoms with van der Waals surface area (Å²) >= 11 is 3.93. The van der Waals surface area contributed by atoms with Crippen LogP contribution in [0.15, 0.2) is 54.6 Å². The van der Waals surface area contributed by atoms with Crippen LogP contribution in [0.25, 0.3) is 22.3 Å². The molecule has 0 spiro atoms. The van der Waals surface area contributed by atoms with E-state index in [0.29, 0.717) is 5.82 Å². The number of nitrogens with zero attached hydrogens (tertiary/aromatic N) is 3. The van der Waals surface area contributed by atoms with Crippen molar-refractivity contribution in [3.8, 4) is 11.4 Å². The predicted octanol–water partition coefficient (Wildman–Crippen LogP) is 4.37. The van der Waals surface area contributed by atoms with Crippen LogP contribution in [0.2, 0.25) is 0 Å². The average Bonchev–Trinajstić information content (AvgIpc) is 2.55. The summed E-state index contributed by atoms with van der Waals surface area (Å²) < 4.78 is 1.52. The lowest BCUT2D eigenvalue weighted by atomic mass is 10.1. The quantitative estimate of drug-likeness (QED) is 0.385. The standard InChI is InChI=1S/C16H11I2N3O/c17-21(18)15(22)10-14-12-8-4-5-9-13(12)19-16(20-14)11-6-2-1-3-7-11/h1-9H,10H2. The van der Waals surface area contributed by atoms with Crippen LogP contribution in [0.3, 0.4) is 0 Å². The monoisotopic (exact) mass is 515 g/mol. The Morgan fingerprint density at radius 3 is 2.36 bits per heavy atom. The maximum atomic E-state index is 12.1. The number of hydrogen-bond acceptors (Lipinski definition) is 3. The highest BCUT2D eigenvalue weighted by Gasteiger charge is 2.14. The van der Waals surface area contributed by atoms with Crippen molar-refractivity contribution in [3.63, 3.8) is 0 Å². The Morgan fingerprint density at radius 1 is 0.955 bits per heavy atom. The Hall–Kier alpha value is -1.29. The van der Waals surface area contributed by atoms with Crippen LogP contribution >= 0.6 is 45.7 Å². The Bertz CT molecular complexity index is 822. The van der Waals surface area contributed by atoms with Crippen molar-refractivity contribution in [1.82, 2.24) is 11.3 Å². The summed E-state index contributed by atoms with van der Waals surface area (Å²) in [5.74, 6) is 0.652. The molecule has 110 valence electrons. The molecule has 22 heavy (non-hydrogen) atoms. The zero-order valence-corrected chi connectivity index (χ0v) is 15.7. The molecule has 0 saturated carbocycles. The molecular weight excluding hydrogens is 504 g/mol. The van der Waals surface area contributed by atoms with E-state index in [9.17, 15) is 4.79 Å². The molecule has 0 fully saturated rings. The molecule has 0 N–H and O–H groups in total. The van der Waals surface area contributed by atoms with Crippen LogP contribution in [-0.4, -0.2) is 17.2 Å². The van der Waals surface area contributed by atoms with E-state index < -0.39 is 0 Å². The number of aromatic nitrogens is 2. The molecule has 3 rings (SSSR count). The maximum Gasteiger partial charge on any atom is 0.246 e. The minimum absolute atomic E-state index is 0.00376. The largest absolute Gasteiger partial charge is 0.273 e. The summed E-state index contributed by atoms with van der Waals surface area (Å²) in [5, 5.41) is 0.921. The first-order valence-corrected chi connectivity index (χ1v) is 8.54. The van der Waals surface area contributed by atoms with Crippen molar-refractivity contribution in [2.75, 3.05) is 0 Å². The van der Waals surface area contributed by atoms with Gasteiger partial charge in [0.25, 0.3) is 0 Å². The molecule has 0 aliphatic rings. The van der Waals surface area contributed by atoms with Gasteiger partial charge < -0.3 is 0 Å². The van der Waals surface area contributed by atoms with Gasteiger partial charge in [0.1, 0.15) is 0 Å². The molecular formula is C16H11I2N3O. The molecule has 0 radical (unpaired) electrons. The maximum absolute atomic E-state index is 12.1. The molecule has 3 aromatic rings. The van der Waals surface area contributed by atoms with E-state index in [1.54, 1.807) is 0 Å². The fourth-order valence-electron chi connectivity index (χ4n) is 2.20. The lowest BCUT2D eigenvalue weighted by molar-refractivity contribution is -0.120. The van der Waals surface area contributed by atoms with Gasteiger partial charge >= 0.3 is 0 Å². The van der Waals surface area contributed by atoms with Crippen molar-refractivity contribution in [1.29, 1.82) is 0 Å². The summed E-state index contributed by atoms with van der Waals surface area (Å²) in [6.07, 6.45) is 0.259. The number of carbonyl (C=O) groups is 1. The number of amides is 1. The molecule has 0 aliphatic heterocycles. The topological polar surface area (TPSA) is 46.1 Å². The number of carbonyl (C=O) groups excluding carboxylic acids is 1. The van der Waals surface area contributed by atoms with Gasteiger partial charge in [0.15, 0.2) is 5.82 Å². The Labute approximate surface area is 155 Å². The van der Waals surface area contributed by atoms with Crippen molar-refractivity contribution in [2.24, 2.45) is 0 Å². The lowest BCUT2D eigenvalue weighted by Crippen LogP contribution is -2.14. The second-order valence-corrected chi connectivity index (χ2v) is 8.46. The molecule has 1 heterocycles. The molecule has 0 atom stereocenters. The third-order valence-electron chi connectivity index (χ3n) is 3.22. The highest BCUT2D eigenvalue weighted by Crippen LogP contribution is 2.23. The first-order chi connectivity index (χ1) is 10.6. The summed E-state index contributed by atoms with van der Waals surface area (Å²) in [5.41, 5.74) is 2.56. The molecule has 6 heteroatoms. The molecule has 2 aromatic carbocycles. The van der Waals surface area contributed by atoms with Gasteiger partial charge in [-0.1, -0.05) is 48.5 Å². The smallest absolute Gasteiger partial charge is 0.246 e. The predicted molar refractivity (Wildman–Crippen MR) is 104 cm³/mol. The lowest BCUT2D eigenvalue weighted by Gasteiger charge is -2.10. The number of fused-ring (bicyclic) bond motifs is 1. The van der Waals surface area contributed by atoms with Crippen LogP contribution in [0.1, 0.15) is 5.69 Å². The van der Waals surface area contributed by atoms with Crippen molar-refractivity contribution >= 4 is 62.5 Å².